The van der Waals surface area contributed by atoms with Gasteiger partial charge in [0.25, 0.3) is 0 Å². The first kappa shape index (κ1) is 16.0. The highest BCUT2D eigenvalue weighted by molar-refractivity contribution is 6.17. The van der Waals surface area contributed by atoms with Crippen LogP contribution in [-0.2, 0) is 0 Å². The van der Waals surface area contributed by atoms with Gasteiger partial charge in [0.2, 0.25) is 11.8 Å². The third-order valence-corrected chi connectivity index (χ3v) is 3.05. The molecule has 0 aliphatic rings. The van der Waals surface area contributed by atoms with E-state index in [4.69, 9.17) is 16.3 Å². The summed E-state index contributed by atoms with van der Waals surface area (Å²) in [5.74, 6) is 2.49. The first-order valence-corrected chi connectivity index (χ1v) is 7.40. The number of aromatic nitrogens is 2. The van der Waals surface area contributed by atoms with Gasteiger partial charge in [0.15, 0.2) is 0 Å². The molecule has 108 valence electrons. The number of hydrogen-bond donors (Lipinski definition) is 1. The Morgan fingerprint density at radius 2 is 2.11 bits per heavy atom. The van der Waals surface area contributed by atoms with Crippen LogP contribution < -0.4 is 10.1 Å². The summed E-state index contributed by atoms with van der Waals surface area (Å²) in [6.45, 7) is 8.92. The molecule has 0 fully saturated rings. The molecule has 0 amide bonds. The van der Waals surface area contributed by atoms with Gasteiger partial charge in [-0.1, -0.05) is 13.3 Å². The van der Waals surface area contributed by atoms with Crippen molar-refractivity contribution in [1.29, 1.82) is 0 Å². The van der Waals surface area contributed by atoms with E-state index in [1.165, 1.54) is 0 Å². The Bertz CT molecular complexity index is 385. The highest BCUT2D eigenvalue weighted by Crippen LogP contribution is 2.15. The topological polar surface area (TPSA) is 47.0 Å². The van der Waals surface area contributed by atoms with E-state index in [0.717, 1.165) is 25.1 Å². The molecule has 0 saturated carbocycles. The van der Waals surface area contributed by atoms with Crippen molar-refractivity contribution in [2.45, 2.75) is 46.6 Å². The highest BCUT2D eigenvalue weighted by atomic mass is 35.5. The van der Waals surface area contributed by atoms with E-state index >= 15 is 0 Å². The van der Waals surface area contributed by atoms with Crippen LogP contribution in [0.1, 0.15) is 39.3 Å². The molecular weight excluding hydrogens is 262 g/mol. The number of aryl methyl sites for hydroxylation is 1. The summed E-state index contributed by atoms with van der Waals surface area (Å²) in [6.07, 6.45) is 2.22. The van der Waals surface area contributed by atoms with Gasteiger partial charge in [-0.3, -0.25) is 0 Å². The van der Waals surface area contributed by atoms with Crippen LogP contribution in [-0.4, -0.2) is 28.5 Å². The van der Waals surface area contributed by atoms with Crippen molar-refractivity contribution in [2.24, 2.45) is 5.92 Å². The predicted molar refractivity (Wildman–Crippen MR) is 80.1 cm³/mol. The van der Waals surface area contributed by atoms with Crippen LogP contribution in [0.4, 0.5) is 5.95 Å². The first-order valence-electron chi connectivity index (χ1n) is 6.87. The summed E-state index contributed by atoms with van der Waals surface area (Å²) >= 11 is 5.79. The lowest BCUT2D eigenvalue weighted by atomic mass is 10.0. The fourth-order valence-electron chi connectivity index (χ4n) is 1.76. The molecule has 1 rings (SSSR count). The number of hydrogen-bond acceptors (Lipinski definition) is 4. The second-order valence-corrected chi connectivity index (χ2v) is 5.35. The maximum absolute atomic E-state index is 5.79. The summed E-state index contributed by atoms with van der Waals surface area (Å²) in [5.41, 5.74) is 0.901. The van der Waals surface area contributed by atoms with E-state index in [0.29, 0.717) is 23.6 Å². The highest BCUT2D eigenvalue weighted by Gasteiger charge is 2.08. The average molecular weight is 286 g/mol. The maximum atomic E-state index is 5.79. The van der Waals surface area contributed by atoms with Crippen molar-refractivity contribution >= 4 is 17.5 Å². The fraction of sp³-hybridized carbons (Fsp3) is 0.714. The van der Waals surface area contributed by atoms with Gasteiger partial charge in [-0.25, -0.2) is 4.98 Å². The van der Waals surface area contributed by atoms with Crippen LogP contribution in [0.25, 0.3) is 0 Å². The van der Waals surface area contributed by atoms with E-state index in [1.54, 1.807) is 0 Å². The molecule has 4 nitrogen and oxygen atoms in total. The minimum Gasteiger partial charge on any atom is -0.475 e. The number of halogens is 1. The van der Waals surface area contributed by atoms with Crippen LogP contribution in [0.5, 0.6) is 5.88 Å². The number of nitrogens with one attached hydrogen (secondary N) is 1. The summed E-state index contributed by atoms with van der Waals surface area (Å²) in [6, 6.07) is 1.85. The largest absolute Gasteiger partial charge is 0.475 e. The van der Waals surface area contributed by atoms with Crippen molar-refractivity contribution in [2.75, 3.05) is 17.7 Å². The molecule has 5 heteroatoms. The number of alkyl halides is 1. The molecule has 0 spiro atoms. The number of ether oxygens (including phenoxy) is 1. The Labute approximate surface area is 120 Å². The second kappa shape index (κ2) is 8.20. The normalized spacial score (nSPS) is 12.5. The minimum atomic E-state index is 0.113. The Balaban J connectivity index is 2.64. The van der Waals surface area contributed by atoms with Gasteiger partial charge in [-0.05, 0) is 33.1 Å². The minimum absolute atomic E-state index is 0.113. The van der Waals surface area contributed by atoms with Crippen molar-refractivity contribution in [1.82, 2.24) is 9.97 Å². The summed E-state index contributed by atoms with van der Waals surface area (Å²) in [4.78, 5) is 8.73. The standard InChI is InChI=1S/C14H24ClN3O/c1-5-12(6-7-15)9-16-14-17-11(4)8-13(18-14)19-10(2)3/h8,10,12H,5-7,9H2,1-4H3,(H,16,17,18). The SMILES string of the molecule is CCC(CCCl)CNc1nc(C)cc(OC(C)C)n1. The van der Waals surface area contributed by atoms with Crippen LogP contribution in [0.3, 0.4) is 0 Å². The first-order chi connectivity index (χ1) is 9.05. The molecule has 1 unspecified atom stereocenters. The van der Waals surface area contributed by atoms with Gasteiger partial charge in [-0.15, -0.1) is 11.6 Å². The summed E-state index contributed by atoms with van der Waals surface area (Å²) < 4.78 is 5.60. The smallest absolute Gasteiger partial charge is 0.226 e. The second-order valence-electron chi connectivity index (χ2n) is 4.97. The van der Waals surface area contributed by atoms with E-state index in [1.807, 2.05) is 26.8 Å². The molecule has 1 aromatic rings. The van der Waals surface area contributed by atoms with Gasteiger partial charge in [0.1, 0.15) is 0 Å². The molecule has 0 radical (unpaired) electrons. The fourth-order valence-corrected chi connectivity index (χ4v) is 2.07. The van der Waals surface area contributed by atoms with Crippen molar-refractivity contribution < 1.29 is 4.74 Å². The molecule has 0 aliphatic heterocycles. The lowest BCUT2D eigenvalue weighted by molar-refractivity contribution is 0.232. The zero-order chi connectivity index (χ0) is 14.3. The number of anilines is 1. The number of rotatable bonds is 8. The van der Waals surface area contributed by atoms with Crippen LogP contribution in [0.2, 0.25) is 0 Å². The molecule has 0 aromatic carbocycles. The Hall–Kier alpha value is -1.03. The molecule has 1 aromatic heterocycles. The van der Waals surface area contributed by atoms with Gasteiger partial charge in [0, 0.05) is 24.2 Å². The Morgan fingerprint density at radius 3 is 2.68 bits per heavy atom. The third-order valence-electron chi connectivity index (χ3n) is 2.83. The maximum Gasteiger partial charge on any atom is 0.226 e. The third kappa shape index (κ3) is 6.10. The van der Waals surface area contributed by atoms with E-state index in [-0.39, 0.29) is 6.10 Å². The average Bonchev–Trinajstić information content (AvgIpc) is 2.33. The lowest BCUT2D eigenvalue weighted by Crippen LogP contribution is -2.16. The van der Waals surface area contributed by atoms with E-state index < -0.39 is 0 Å². The summed E-state index contributed by atoms with van der Waals surface area (Å²) in [7, 11) is 0. The predicted octanol–water partition coefficient (Wildman–Crippen LogP) is 3.64. The Kier molecular flexibility index (Phi) is 6.92. The van der Waals surface area contributed by atoms with Crippen molar-refractivity contribution in [3.8, 4) is 5.88 Å². The lowest BCUT2D eigenvalue weighted by Gasteiger charge is -2.15. The van der Waals surface area contributed by atoms with Crippen LogP contribution in [0.15, 0.2) is 6.07 Å². The van der Waals surface area contributed by atoms with Crippen molar-refractivity contribution in [3.63, 3.8) is 0 Å². The zero-order valence-corrected chi connectivity index (χ0v) is 13.0. The van der Waals surface area contributed by atoms with Gasteiger partial charge < -0.3 is 10.1 Å². The molecule has 19 heavy (non-hydrogen) atoms. The molecule has 0 aliphatic carbocycles. The van der Waals surface area contributed by atoms with Crippen molar-refractivity contribution in [3.05, 3.63) is 11.8 Å². The van der Waals surface area contributed by atoms with Gasteiger partial charge >= 0.3 is 0 Å². The van der Waals surface area contributed by atoms with Gasteiger partial charge in [0.05, 0.1) is 6.10 Å². The monoisotopic (exact) mass is 285 g/mol. The quantitative estimate of drug-likeness (QED) is 0.741. The molecule has 1 N–H and O–H groups in total. The molecule has 0 bridgehead atoms. The molecule has 1 atom stereocenters. The Morgan fingerprint density at radius 1 is 1.37 bits per heavy atom. The summed E-state index contributed by atoms with van der Waals surface area (Å²) in [5, 5.41) is 3.27. The number of nitrogens with zero attached hydrogens (tertiary/aromatic N) is 2. The molecule has 1 heterocycles. The van der Waals surface area contributed by atoms with E-state index in [2.05, 4.69) is 22.2 Å². The van der Waals surface area contributed by atoms with Gasteiger partial charge in [-0.2, -0.15) is 4.98 Å². The van der Waals surface area contributed by atoms with E-state index in [9.17, 15) is 0 Å². The van der Waals surface area contributed by atoms with Crippen LogP contribution >= 0.6 is 11.6 Å². The molecule has 0 saturated heterocycles. The van der Waals surface area contributed by atoms with Crippen LogP contribution in [0, 0.1) is 12.8 Å². The molecular formula is C14H24ClN3O. The zero-order valence-electron chi connectivity index (χ0n) is 12.2.